The van der Waals surface area contributed by atoms with Crippen LogP contribution in [0.1, 0.15) is 51.9 Å². The van der Waals surface area contributed by atoms with Gasteiger partial charge in [-0.2, -0.15) is 0 Å². The summed E-state index contributed by atoms with van der Waals surface area (Å²) in [6, 6.07) is -0.135. The second kappa shape index (κ2) is 6.59. The zero-order valence-electron chi connectivity index (χ0n) is 9.58. The number of hydrogen-bond donors (Lipinski definition) is 0. The van der Waals surface area contributed by atoms with Crippen molar-refractivity contribution in [1.82, 2.24) is 4.90 Å². The number of amides is 1. The van der Waals surface area contributed by atoms with Gasteiger partial charge in [-0.25, -0.2) is 0 Å². The molecule has 0 aromatic rings. The summed E-state index contributed by atoms with van der Waals surface area (Å²) >= 11 is 0. The average Bonchev–Trinajstić information content (AvgIpc) is 2.60. The molecule has 86 valence electrons. The van der Waals surface area contributed by atoms with Crippen LogP contribution in [0.2, 0.25) is 0 Å². The lowest BCUT2D eigenvalue weighted by molar-refractivity contribution is -0.131. The molecule has 0 aromatic carbocycles. The highest BCUT2D eigenvalue weighted by molar-refractivity contribution is 5.83. The van der Waals surface area contributed by atoms with E-state index in [9.17, 15) is 9.59 Å². The topological polar surface area (TPSA) is 37.4 Å². The van der Waals surface area contributed by atoms with Crippen molar-refractivity contribution in [3.05, 3.63) is 0 Å². The smallest absolute Gasteiger partial charge is 0.223 e. The van der Waals surface area contributed by atoms with Crippen molar-refractivity contribution >= 4 is 12.2 Å². The molecule has 15 heavy (non-hydrogen) atoms. The zero-order valence-corrected chi connectivity index (χ0v) is 9.58. The van der Waals surface area contributed by atoms with Crippen LogP contribution in [-0.2, 0) is 9.59 Å². The summed E-state index contributed by atoms with van der Waals surface area (Å²) in [5, 5.41) is 0. The Morgan fingerprint density at radius 3 is 2.73 bits per heavy atom. The number of likely N-dealkylation sites (tertiary alicyclic amines) is 1. The minimum absolute atomic E-state index is 0.135. The Kier molecular flexibility index (Phi) is 5.37. The lowest BCUT2D eigenvalue weighted by Crippen LogP contribution is -2.34. The first-order chi connectivity index (χ1) is 7.29. The van der Waals surface area contributed by atoms with Crippen LogP contribution in [-0.4, -0.2) is 29.7 Å². The van der Waals surface area contributed by atoms with E-state index in [1.54, 1.807) is 4.90 Å². The Morgan fingerprint density at radius 1 is 1.33 bits per heavy atom. The van der Waals surface area contributed by atoms with Crippen molar-refractivity contribution in [1.29, 1.82) is 0 Å². The second-order valence-corrected chi connectivity index (χ2v) is 4.24. The van der Waals surface area contributed by atoms with Gasteiger partial charge in [0.05, 0.1) is 6.04 Å². The predicted molar refractivity (Wildman–Crippen MR) is 59.6 cm³/mol. The Hall–Kier alpha value is -0.860. The van der Waals surface area contributed by atoms with Gasteiger partial charge in [-0.1, -0.05) is 32.6 Å². The Balaban J connectivity index is 2.18. The van der Waals surface area contributed by atoms with Crippen molar-refractivity contribution in [2.45, 2.75) is 57.9 Å². The van der Waals surface area contributed by atoms with Crippen LogP contribution in [0.5, 0.6) is 0 Å². The molecule has 0 radical (unpaired) electrons. The molecule has 1 unspecified atom stereocenters. The van der Waals surface area contributed by atoms with Crippen molar-refractivity contribution in [3.8, 4) is 0 Å². The quantitative estimate of drug-likeness (QED) is 0.478. The van der Waals surface area contributed by atoms with E-state index in [0.29, 0.717) is 6.42 Å². The minimum Gasteiger partial charge on any atom is -0.333 e. The third-order valence-corrected chi connectivity index (χ3v) is 3.03. The molecule has 0 N–H and O–H groups in total. The molecule has 0 saturated carbocycles. The fourth-order valence-corrected chi connectivity index (χ4v) is 2.07. The van der Waals surface area contributed by atoms with E-state index in [4.69, 9.17) is 0 Å². The molecular weight excluding hydrogens is 190 g/mol. The molecule has 1 aliphatic heterocycles. The van der Waals surface area contributed by atoms with Crippen molar-refractivity contribution < 1.29 is 9.59 Å². The first kappa shape index (κ1) is 12.2. The molecular formula is C12H21NO2. The van der Waals surface area contributed by atoms with E-state index in [-0.39, 0.29) is 11.9 Å². The molecule has 1 aliphatic rings. The zero-order chi connectivity index (χ0) is 11.1. The van der Waals surface area contributed by atoms with E-state index in [1.165, 1.54) is 25.7 Å². The normalized spacial score (nSPS) is 21.0. The van der Waals surface area contributed by atoms with Gasteiger partial charge in [-0.15, -0.1) is 0 Å². The van der Waals surface area contributed by atoms with Crippen molar-refractivity contribution in [2.24, 2.45) is 0 Å². The summed E-state index contributed by atoms with van der Waals surface area (Å²) in [4.78, 5) is 23.9. The summed E-state index contributed by atoms with van der Waals surface area (Å²) < 4.78 is 0. The van der Waals surface area contributed by atoms with Gasteiger partial charge in [0, 0.05) is 13.0 Å². The van der Waals surface area contributed by atoms with Gasteiger partial charge < -0.3 is 9.69 Å². The highest BCUT2D eigenvalue weighted by Crippen LogP contribution is 2.17. The molecule has 1 amide bonds. The summed E-state index contributed by atoms with van der Waals surface area (Å²) in [7, 11) is 0. The number of aldehydes is 1. The van der Waals surface area contributed by atoms with Crippen LogP contribution in [0.15, 0.2) is 0 Å². The predicted octanol–water partition coefficient (Wildman–Crippen LogP) is 2.15. The van der Waals surface area contributed by atoms with Gasteiger partial charge in [0.1, 0.15) is 6.29 Å². The average molecular weight is 211 g/mol. The van der Waals surface area contributed by atoms with Gasteiger partial charge in [-0.05, 0) is 12.8 Å². The molecule has 3 nitrogen and oxygen atoms in total. The van der Waals surface area contributed by atoms with Crippen LogP contribution in [0, 0.1) is 0 Å². The molecule has 1 heterocycles. The third kappa shape index (κ3) is 3.65. The lowest BCUT2D eigenvalue weighted by Gasteiger charge is -2.20. The minimum atomic E-state index is -0.135. The highest BCUT2D eigenvalue weighted by atomic mass is 16.2. The summed E-state index contributed by atoms with van der Waals surface area (Å²) in [5.41, 5.74) is 0. The summed E-state index contributed by atoms with van der Waals surface area (Å²) in [5.74, 6) is 0.155. The number of unbranched alkanes of at least 4 members (excludes halogenated alkanes) is 4. The Labute approximate surface area is 91.8 Å². The fraction of sp³-hybridized carbons (Fsp3) is 0.833. The van der Waals surface area contributed by atoms with Crippen LogP contribution in [0.4, 0.5) is 0 Å². The molecule has 0 bridgehead atoms. The molecule has 0 aromatic heterocycles. The van der Waals surface area contributed by atoms with Crippen molar-refractivity contribution in [2.75, 3.05) is 6.54 Å². The van der Waals surface area contributed by atoms with Crippen LogP contribution < -0.4 is 0 Å². The SMILES string of the molecule is CCCCCCCN1C(=O)CCC1C=O. The molecule has 1 saturated heterocycles. The first-order valence-electron chi connectivity index (χ1n) is 6.04. The fourth-order valence-electron chi connectivity index (χ4n) is 2.07. The van der Waals surface area contributed by atoms with E-state index in [2.05, 4.69) is 6.92 Å². The van der Waals surface area contributed by atoms with Gasteiger partial charge >= 0.3 is 0 Å². The van der Waals surface area contributed by atoms with Gasteiger partial charge in [0.25, 0.3) is 0 Å². The number of rotatable bonds is 7. The number of hydrogen-bond acceptors (Lipinski definition) is 2. The van der Waals surface area contributed by atoms with Gasteiger partial charge in [0.15, 0.2) is 0 Å². The van der Waals surface area contributed by atoms with E-state index >= 15 is 0 Å². The van der Waals surface area contributed by atoms with Crippen LogP contribution >= 0.6 is 0 Å². The van der Waals surface area contributed by atoms with E-state index in [0.717, 1.165) is 25.7 Å². The largest absolute Gasteiger partial charge is 0.333 e. The molecule has 0 aliphatic carbocycles. The highest BCUT2D eigenvalue weighted by Gasteiger charge is 2.29. The van der Waals surface area contributed by atoms with Crippen LogP contribution in [0.25, 0.3) is 0 Å². The van der Waals surface area contributed by atoms with E-state index in [1.807, 2.05) is 0 Å². The number of carbonyl (C=O) groups is 2. The maximum Gasteiger partial charge on any atom is 0.223 e. The van der Waals surface area contributed by atoms with Crippen LogP contribution in [0.3, 0.4) is 0 Å². The monoisotopic (exact) mass is 211 g/mol. The molecule has 1 fully saturated rings. The number of carbonyl (C=O) groups excluding carboxylic acids is 2. The standard InChI is InChI=1S/C12H21NO2/c1-2-3-4-5-6-9-13-11(10-14)7-8-12(13)15/h10-11H,2-9H2,1H3. The molecule has 3 heteroatoms. The number of nitrogens with zero attached hydrogens (tertiary/aromatic N) is 1. The third-order valence-electron chi connectivity index (χ3n) is 3.03. The van der Waals surface area contributed by atoms with Crippen molar-refractivity contribution in [3.63, 3.8) is 0 Å². The maximum atomic E-state index is 11.4. The molecule has 1 atom stereocenters. The van der Waals surface area contributed by atoms with E-state index < -0.39 is 0 Å². The molecule has 1 rings (SSSR count). The van der Waals surface area contributed by atoms with Gasteiger partial charge in [0.2, 0.25) is 5.91 Å². The van der Waals surface area contributed by atoms with Gasteiger partial charge in [-0.3, -0.25) is 4.79 Å². The Morgan fingerprint density at radius 2 is 2.07 bits per heavy atom. The maximum absolute atomic E-state index is 11.4. The Bertz CT molecular complexity index is 216. The second-order valence-electron chi connectivity index (χ2n) is 4.24. The lowest BCUT2D eigenvalue weighted by atomic mass is 10.1. The summed E-state index contributed by atoms with van der Waals surface area (Å²) in [6.45, 7) is 2.96. The summed E-state index contributed by atoms with van der Waals surface area (Å²) in [6.07, 6.45) is 8.14. The molecule has 0 spiro atoms. The first-order valence-corrected chi connectivity index (χ1v) is 6.04.